The smallest absolute Gasteiger partial charge is 0.106 e. The van der Waals surface area contributed by atoms with Crippen LogP contribution in [0.25, 0.3) is 0 Å². The maximum absolute atomic E-state index is 9.65. The maximum Gasteiger partial charge on any atom is 0.106 e. The van der Waals surface area contributed by atoms with E-state index < -0.39 is 12.2 Å². The third kappa shape index (κ3) is 2.72. The Morgan fingerprint density at radius 1 is 1.36 bits per heavy atom. The normalized spacial score (nSPS) is 15.1. The number of hydrogen-bond acceptors (Lipinski definition) is 4. The number of aliphatic hydroxyl groups is 2. The Hall–Kier alpha value is -0.550. The predicted octanol–water partition coefficient (Wildman–Crippen LogP) is 0.469. The average Bonchev–Trinajstić information content (AvgIpc) is 2.27. The zero-order valence-corrected chi connectivity index (χ0v) is 8.69. The minimum Gasteiger partial charge on any atom is -0.389 e. The van der Waals surface area contributed by atoms with E-state index in [1.54, 1.807) is 6.07 Å². The average molecular weight is 213 g/mol. The van der Waals surface area contributed by atoms with Gasteiger partial charge in [-0.2, -0.15) is 12.6 Å². The molecule has 0 heterocycles. The zero-order chi connectivity index (χ0) is 10.6. The Labute approximate surface area is 89.0 Å². The molecule has 1 rings (SSSR count). The van der Waals surface area contributed by atoms with Gasteiger partial charge in [0, 0.05) is 12.3 Å². The molecule has 0 saturated heterocycles. The molecule has 1 aromatic carbocycles. The second kappa shape index (κ2) is 5.36. The number of rotatable bonds is 4. The Bertz CT molecular complexity index is 293. The Balaban J connectivity index is 2.83. The summed E-state index contributed by atoms with van der Waals surface area (Å²) in [7, 11) is 0. The summed E-state index contributed by atoms with van der Waals surface area (Å²) in [4.78, 5) is 0. The summed E-state index contributed by atoms with van der Waals surface area (Å²) in [5.41, 5.74) is 6.94. The monoisotopic (exact) mass is 213 g/mol. The lowest BCUT2D eigenvalue weighted by Crippen LogP contribution is -2.27. The van der Waals surface area contributed by atoms with Gasteiger partial charge >= 0.3 is 0 Å². The van der Waals surface area contributed by atoms with Gasteiger partial charge in [0.15, 0.2) is 0 Å². The van der Waals surface area contributed by atoms with Gasteiger partial charge in [-0.25, -0.2) is 0 Å². The van der Waals surface area contributed by atoms with Crippen LogP contribution >= 0.6 is 12.6 Å². The van der Waals surface area contributed by atoms with Crippen LogP contribution < -0.4 is 5.73 Å². The number of benzene rings is 1. The van der Waals surface area contributed by atoms with Gasteiger partial charge in [0.05, 0.1) is 6.10 Å². The Morgan fingerprint density at radius 2 is 2.07 bits per heavy atom. The fourth-order valence-corrected chi connectivity index (χ4v) is 1.42. The van der Waals surface area contributed by atoms with Crippen LogP contribution in [0.1, 0.15) is 17.2 Å². The molecule has 0 bridgehead atoms. The molecule has 0 radical (unpaired) electrons. The van der Waals surface area contributed by atoms with Gasteiger partial charge in [0.2, 0.25) is 0 Å². The molecule has 14 heavy (non-hydrogen) atoms. The van der Waals surface area contributed by atoms with Crippen LogP contribution in [0.15, 0.2) is 24.3 Å². The highest BCUT2D eigenvalue weighted by Crippen LogP contribution is 2.18. The molecule has 0 spiro atoms. The first-order valence-corrected chi connectivity index (χ1v) is 5.08. The molecule has 0 aliphatic rings. The lowest BCUT2D eigenvalue weighted by molar-refractivity contribution is 0.0243. The van der Waals surface area contributed by atoms with Crippen molar-refractivity contribution in [3.8, 4) is 0 Å². The van der Waals surface area contributed by atoms with Gasteiger partial charge in [-0.05, 0) is 11.1 Å². The van der Waals surface area contributed by atoms with E-state index in [-0.39, 0.29) is 6.54 Å². The molecule has 0 aliphatic heterocycles. The van der Waals surface area contributed by atoms with Crippen molar-refractivity contribution in [3.05, 3.63) is 35.4 Å². The van der Waals surface area contributed by atoms with Crippen LogP contribution in [0.4, 0.5) is 0 Å². The summed E-state index contributed by atoms with van der Waals surface area (Å²) < 4.78 is 0. The van der Waals surface area contributed by atoms with Crippen molar-refractivity contribution in [3.63, 3.8) is 0 Å². The first-order valence-electron chi connectivity index (χ1n) is 4.45. The number of hydrogen-bond donors (Lipinski definition) is 4. The third-order valence-corrected chi connectivity index (χ3v) is 2.45. The van der Waals surface area contributed by atoms with E-state index in [2.05, 4.69) is 12.6 Å². The predicted molar refractivity (Wildman–Crippen MR) is 59.2 cm³/mol. The van der Waals surface area contributed by atoms with Gasteiger partial charge in [-0.3, -0.25) is 0 Å². The largest absolute Gasteiger partial charge is 0.389 e. The van der Waals surface area contributed by atoms with Crippen LogP contribution in [-0.4, -0.2) is 22.9 Å². The Kier molecular flexibility index (Phi) is 4.41. The van der Waals surface area contributed by atoms with Crippen LogP contribution in [0, 0.1) is 0 Å². The van der Waals surface area contributed by atoms with Crippen molar-refractivity contribution < 1.29 is 10.2 Å². The number of thiol groups is 1. The fourth-order valence-electron chi connectivity index (χ4n) is 1.23. The van der Waals surface area contributed by atoms with Crippen molar-refractivity contribution in [2.45, 2.75) is 18.0 Å². The summed E-state index contributed by atoms with van der Waals surface area (Å²) in [5.74, 6) is 0.610. The van der Waals surface area contributed by atoms with E-state index in [0.29, 0.717) is 11.3 Å². The lowest BCUT2D eigenvalue weighted by Gasteiger charge is -2.16. The molecule has 0 aromatic heterocycles. The van der Waals surface area contributed by atoms with Crippen molar-refractivity contribution in [1.82, 2.24) is 0 Å². The highest BCUT2D eigenvalue weighted by molar-refractivity contribution is 7.79. The number of nitrogens with two attached hydrogens (primary N) is 1. The number of aliphatic hydroxyl groups excluding tert-OH is 2. The molecule has 3 nitrogen and oxygen atoms in total. The summed E-state index contributed by atoms with van der Waals surface area (Å²) in [6, 6.07) is 7.32. The van der Waals surface area contributed by atoms with Gasteiger partial charge in [-0.1, -0.05) is 24.3 Å². The van der Waals surface area contributed by atoms with Crippen molar-refractivity contribution in [1.29, 1.82) is 0 Å². The summed E-state index contributed by atoms with van der Waals surface area (Å²) in [6.45, 7) is 0.0479. The van der Waals surface area contributed by atoms with E-state index in [0.717, 1.165) is 5.56 Å². The molecule has 1 aromatic rings. The standard InChI is InChI=1S/C10H15NO2S/c11-5-9(12)10(13)8-3-1-2-7(4-8)6-14/h1-4,9-10,12-14H,5-6,11H2. The maximum atomic E-state index is 9.65. The second-order valence-corrected chi connectivity index (χ2v) is 3.47. The molecule has 4 N–H and O–H groups in total. The topological polar surface area (TPSA) is 66.5 Å². The summed E-state index contributed by atoms with van der Waals surface area (Å²) in [6.07, 6.45) is -1.83. The van der Waals surface area contributed by atoms with E-state index in [1.165, 1.54) is 0 Å². The molecular weight excluding hydrogens is 198 g/mol. The van der Waals surface area contributed by atoms with Gasteiger partial charge in [0.1, 0.15) is 6.10 Å². The lowest BCUT2D eigenvalue weighted by atomic mass is 10.0. The van der Waals surface area contributed by atoms with E-state index in [4.69, 9.17) is 5.73 Å². The zero-order valence-electron chi connectivity index (χ0n) is 7.80. The van der Waals surface area contributed by atoms with E-state index >= 15 is 0 Å². The van der Waals surface area contributed by atoms with Gasteiger partial charge in [-0.15, -0.1) is 0 Å². The SMILES string of the molecule is NCC(O)C(O)c1cccc(CS)c1. The first kappa shape index (κ1) is 11.5. The first-order chi connectivity index (χ1) is 6.69. The Morgan fingerprint density at radius 3 is 2.64 bits per heavy atom. The minimum absolute atomic E-state index is 0.0479. The highest BCUT2D eigenvalue weighted by Gasteiger charge is 2.16. The molecule has 4 heteroatoms. The van der Waals surface area contributed by atoms with Crippen LogP contribution in [0.5, 0.6) is 0 Å². The minimum atomic E-state index is -0.917. The molecule has 2 atom stereocenters. The van der Waals surface area contributed by atoms with E-state index in [1.807, 2.05) is 18.2 Å². The molecule has 0 aliphatic carbocycles. The summed E-state index contributed by atoms with van der Waals surface area (Å²) >= 11 is 4.13. The van der Waals surface area contributed by atoms with Crippen molar-refractivity contribution in [2.24, 2.45) is 5.73 Å². The van der Waals surface area contributed by atoms with Gasteiger partial charge in [0.25, 0.3) is 0 Å². The quantitative estimate of drug-likeness (QED) is 0.550. The summed E-state index contributed by atoms with van der Waals surface area (Å²) in [5, 5.41) is 19.0. The molecule has 0 saturated carbocycles. The van der Waals surface area contributed by atoms with Crippen molar-refractivity contribution in [2.75, 3.05) is 6.54 Å². The molecule has 2 unspecified atom stereocenters. The molecule has 0 amide bonds. The fraction of sp³-hybridized carbons (Fsp3) is 0.400. The second-order valence-electron chi connectivity index (χ2n) is 3.15. The molecular formula is C10H15NO2S. The van der Waals surface area contributed by atoms with E-state index in [9.17, 15) is 10.2 Å². The van der Waals surface area contributed by atoms with Crippen molar-refractivity contribution >= 4 is 12.6 Å². The van der Waals surface area contributed by atoms with Crippen LogP contribution in [0.2, 0.25) is 0 Å². The third-order valence-electron chi connectivity index (χ3n) is 2.08. The van der Waals surface area contributed by atoms with Crippen LogP contribution in [0.3, 0.4) is 0 Å². The highest BCUT2D eigenvalue weighted by atomic mass is 32.1. The van der Waals surface area contributed by atoms with Gasteiger partial charge < -0.3 is 15.9 Å². The van der Waals surface area contributed by atoms with Crippen LogP contribution in [-0.2, 0) is 5.75 Å². The molecule has 0 fully saturated rings. The molecule has 78 valence electrons.